The summed E-state index contributed by atoms with van der Waals surface area (Å²) in [5.41, 5.74) is 1.28. The van der Waals surface area contributed by atoms with E-state index >= 15 is 0 Å². The number of phenols is 1. The molecule has 6 heteroatoms. The lowest BCUT2D eigenvalue weighted by Crippen LogP contribution is -2.19. The van der Waals surface area contributed by atoms with Crippen LogP contribution in [-0.4, -0.2) is 11.1 Å². The zero-order chi connectivity index (χ0) is 20.2. The molecule has 0 aliphatic heterocycles. The van der Waals surface area contributed by atoms with E-state index in [0.29, 0.717) is 27.9 Å². The van der Waals surface area contributed by atoms with Gasteiger partial charge in [-0.25, -0.2) is 4.79 Å². The van der Waals surface area contributed by atoms with Crippen molar-refractivity contribution < 1.29 is 14.6 Å². The quantitative estimate of drug-likeness (QED) is 0.357. The van der Waals surface area contributed by atoms with Gasteiger partial charge in [0.15, 0.2) is 0 Å². The van der Waals surface area contributed by atoms with Gasteiger partial charge >= 0.3 is 6.03 Å². The van der Waals surface area contributed by atoms with E-state index in [1.165, 1.54) is 0 Å². The summed E-state index contributed by atoms with van der Waals surface area (Å²) >= 11 is 5.87. The van der Waals surface area contributed by atoms with Gasteiger partial charge in [0.25, 0.3) is 0 Å². The van der Waals surface area contributed by atoms with Crippen molar-refractivity contribution in [1.29, 1.82) is 0 Å². The third-order valence-electron chi connectivity index (χ3n) is 4.27. The highest BCUT2D eigenvalue weighted by Crippen LogP contribution is 2.27. The van der Waals surface area contributed by atoms with Gasteiger partial charge in [0.05, 0.1) is 5.69 Å². The van der Waals surface area contributed by atoms with Gasteiger partial charge in [0.2, 0.25) is 0 Å². The fourth-order valence-electron chi connectivity index (χ4n) is 2.91. The number of nitrogens with one attached hydrogen (secondary N) is 2. The van der Waals surface area contributed by atoms with Crippen molar-refractivity contribution in [2.24, 2.45) is 0 Å². The first-order valence-electron chi connectivity index (χ1n) is 8.90. The number of aromatic hydroxyl groups is 1. The average Bonchev–Trinajstić information content (AvgIpc) is 2.71. The molecule has 5 nitrogen and oxygen atoms in total. The highest BCUT2D eigenvalue weighted by Gasteiger charge is 2.07. The second kappa shape index (κ2) is 8.12. The third-order valence-corrected chi connectivity index (χ3v) is 4.53. The maximum atomic E-state index is 12.4. The van der Waals surface area contributed by atoms with Crippen molar-refractivity contribution in [3.05, 3.63) is 90.0 Å². The Morgan fingerprint density at radius 1 is 0.828 bits per heavy atom. The first-order valence-corrected chi connectivity index (χ1v) is 9.28. The van der Waals surface area contributed by atoms with Gasteiger partial charge in [-0.2, -0.15) is 0 Å². The number of ether oxygens (including phenoxy) is 1. The van der Waals surface area contributed by atoms with Gasteiger partial charge in [-0.05, 0) is 78.2 Å². The van der Waals surface area contributed by atoms with Gasteiger partial charge < -0.3 is 20.5 Å². The van der Waals surface area contributed by atoms with E-state index < -0.39 is 0 Å². The van der Waals surface area contributed by atoms with E-state index in [2.05, 4.69) is 10.6 Å². The van der Waals surface area contributed by atoms with Crippen molar-refractivity contribution in [2.45, 2.75) is 0 Å². The van der Waals surface area contributed by atoms with Crippen LogP contribution in [0.1, 0.15) is 0 Å². The molecule has 0 saturated carbocycles. The van der Waals surface area contributed by atoms with Crippen molar-refractivity contribution >= 4 is 39.8 Å². The molecule has 0 atom stereocenters. The molecule has 0 aliphatic rings. The van der Waals surface area contributed by atoms with E-state index in [1.807, 2.05) is 18.2 Å². The lowest BCUT2D eigenvalue weighted by molar-refractivity contribution is 0.262. The highest BCUT2D eigenvalue weighted by molar-refractivity contribution is 6.30. The maximum Gasteiger partial charge on any atom is 0.323 e. The summed E-state index contributed by atoms with van der Waals surface area (Å²) in [6, 6.07) is 24.3. The summed E-state index contributed by atoms with van der Waals surface area (Å²) < 4.78 is 5.74. The van der Waals surface area contributed by atoms with Gasteiger partial charge in [0, 0.05) is 16.1 Å². The first-order chi connectivity index (χ1) is 14.1. The Kier molecular flexibility index (Phi) is 5.22. The minimum absolute atomic E-state index is 0.181. The van der Waals surface area contributed by atoms with Gasteiger partial charge in [-0.1, -0.05) is 23.7 Å². The maximum absolute atomic E-state index is 12.4. The Bertz CT molecular complexity index is 1160. The number of rotatable bonds is 4. The Hall–Kier alpha value is -3.70. The first kappa shape index (κ1) is 18.7. The Labute approximate surface area is 172 Å². The molecule has 4 aromatic carbocycles. The summed E-state index contributed by atoms with van der Waals surface area (Å²) in [6.07, 6.45) is 0. The highest BCUT2D eigenvalue weighted by atomic mass is 35.5. The summed E-state index contributed by atoms with van der Waals surface area (Å²) in [7, 11) is 0. The number of halogens is 1. The SMILES string of the molecule is O=C(Nc1ccc(Oc2ccc(Cl)cc2)cc1)Nc1cccc2cc(O)ccc12. The fraction of sp³-hybridized carbons (Fsp3) is 0. The molecule has 0 aromatic heterocycles. The molecule has 3 N–H and O–H groups in total. The predicted molar refractivity (Wildman–Crippen MR) is 116 cm³/mol. The number of anilines is 2. The largest absolute Gasteiger partial charge is 0.508 e. The van der Waals surface area contributed by atoms with Crippen LogP contribution in [0.5, 0.6) is 17.2 Å². The number of fused-ring (bicyclic) bond motifs is 1. The molecular weight excluding hydrogens is 388 g/mol. The topological polar surface area (TPSA) is 70.6 Å². The van der Waals surface area contributed by atoms with E-state index in [9.17, 15) is 9.90 Å². The molecule has 0 radical (unpaired) electrons. The van der Waals surface area contributed by atoms with Crippen molar-refractivity contribution in [3.8, 4) is 17.2 Å². The zero-order valence-electron chi connectivity index (χ0n) is 15.2. The molecule has 0 unspecified atom stereocenters. The number of phenolic OH excluding ortho intramolecular Hbond substituents is 1. The predicted octanol–water partition coefficient (Wildman–Crippen LogP) is 6.64. The number of carbonyl (C=O) groups excluding carboxylic acids is 1. The Morgan fingerprint density at radius 3 is 2.24 bits per heavy atom. The van der Waals surface area contributed by atoms with Crippen LogP contribution in [0.4, 0.5) is 16.2 Å². The van der Waals surface area contributed by atoms with E-state index in [0.717, 1.165) is 10.8 Å². The molecule has 0 aliphatic carbocycles. The van der Waals surface area contributed by atoms with Crippen LogP contribution in [0.2, 0.25) is 5.02 Å². The molecular formula is C23H17ClN2O3. The van der Waals surface area contributed by atoms with Gasteiger partial charge in [0.1, 0.15) is 17.2 Å². The van der Waals surface area contributed by atoms with Gasteiger partial charge in [-0.15, -0.1) is 0 Å². The monoisotopic (exact) mass is 404 g/mol. The number of carbonyl (C=O) groups is 1. The van der Waals surface area contributed by atoms with Crippen LogP contribution in [0.15, 0.2) is 84.9 Å². The number of urea groups is 1. The average molecular weight is 405 g/mol. The number of amides is 2. The number of benzene rings is 4. The molecule has 4 aromatic rings. The molecule has 0 saturated heterocycles. The molecule has 0 fully saturated rings. The molecule has 0 bridgehead atoms. The lowest BCUT2D eigenvalue weighted by atomic mass is 10.1. The smallest absolute Gasteiger partial charge is 0.323 e. The van der Waals surface area contributed by atoms with Crippen LogP contribution >= 0.6 is 11.6 Å². The Morgan fingerprint density at radius 2 is 1.52 bits per heavy atom. The minimum atomic E-state index is -0.364. The molecule has 0 spiro atoms. The standard InChI is InChI=1S/C23H17ClN2O3/c24-16-4-9-19(10-5-16)29-20-11-6-17(7-12-20)25-23(28)26-22-3-1-2-15-14-18(27)8-13-21(15)22/h1-14,27H,(H2,25,26,28). The molecule has 2 amide bonds. The van der Waals surface area contributed by atoms with Crippen LogP contribution in [0, 0.1) is 0 Å². The molecule has 144 valence electrons. The van der Waals surface area contributed by atoms with E-state index in [4.69, 9.17) is 16.3 Å². The molecule has 4 rings (SSSR count). The lowest BCUT2D eigenvalue weighted by Gasteiger charge is -2.11. The van der Waals surface area contributed by atoms with Crippen molar-refractivity contribution in [1.82, 2.24) is 0 Å². The molecule has 0 heterocycles. The summed E-state index contributed by atoms with van der Waals surface area (Å²) in [5, 5.41) is 17.6. The Balaban J connectivity index is 1.42. The minimum Gasteiger partial charge on any atom is -0.508 e. The zero-order valence-corrected chi connectivity index (χ0v) is 16.0. The summed E-state index contributed by atoms with van der Waals surface area (Å²) in [4.78, 5) is 12.4. The molecule has 29 heavy (non-hydrogen) atoms. The second-order valence-corrected chi connectivity index (χ2v) is 6.81. The normalized spacial score (nSPS) is 10.5. The van der Waals surface area contributed by atoms with Crippen molar-refractivity contribution in [2.75, 3.05) is 10.6 Å². The van der Waals surface area contributed by atoms with E-state index in [-0.39, 0.29) is 11.8 Å². The van der Waals surface area contributed by atoms with Crippen molar-refractivity contribution in [3.63, 3.8) is 0 Å². The summed E-state index contributed by atoms with van der Waals surface area (Å²) in [5.74, 6) is 1.50. The second-order valence-electron chi connectivity index (χ2n) is 6.37. The number of hydrogen-bond acceptors (Lipinski definition) is 3. The van der Waals surface area contributed by atoms with Crippen LogP contribution < -0.4 is 15.4 Å². The van der Waals surface area contributed by atoms with Crippen LogP contribution in [0.25, 0.3) is 10.8 Å². The van der Waals surface area contributed by atoms with Crippen LogP contribution in [0.3, 0.4) is 0 Å². The summed E-state index contributed by atoms with van der Waals surface area (Å²) in [6.45, 7) is 0. The fourth-order valence-corrected chi connectivity index (χ4v) is 3.04. The van der Waals surface area contributed by atoms with Gasteiger partial charge in [-0.3, -0.25) is 0 Å². The third kappa shape index (κ3) is 4.59. The van der Waals surface area contributed by atoms with E-state index in [1.54, 1.807) is 66.7 Å². The van der Waals surface area contributed by atoms with Crippen LogP contribution in [-0.2, 0) is 0 Å². The number of hydrogen-bond donors (Lipinski definition) is 3.